The molecule has 0 unspecified atom stereocenters. The quantitative estimate of drug-likeness (QED) is 0.906. The van der Waals surface area contributed by atoms with E-state index in [0.717, 1.165) is 5.56 Å². The van der Waals surface area contributed by atoms with Crippen molar-refractivity contribution >= 4 is 5.91 Å². The molecule has 19 heavy (non-hydrogen) atoms. The number of nitriles is 1. The number of hydrogen-bond donors (Lipinski definition) is 1. The van der Waals surface area contributed by atoms with E-state index in [1.54, 1.807) is 12.1 Å². The second-order valence-electron chi connectivity index (χ2n) is 4.16. The van der Waals surface area contributed by atoms with Gasteiger partial charge in [-0.15, -0.1) is 0 Å². The monoisotopic (exact) mass is 250 g/mol. The zero-order valence-electron chi connectivity index (χ0n) is 10.4. The minimum Gasteiger partial charge on any atom is -0.344 e. The molecule has 0 heterocycles. The molecule has 2 aromatic rings. The molecule has 94 valence electrons. The first-order valence-corrected chi connectivity index (χ1v) is 6.09. The summed E-state index contributed by atoms with van der Waals surface area (Å²) >= 11 is 0. The minimum absolute atomic E-state index is 0.162. The number of nitrogens with one attached hydrogen (secondary N) is 1. The first-order valence-electron chi connectivity index (χ1n) is 6.09. The molecule has 0 fully saturated rings. The molecule has 0 spiro atoms. The van der Waals surface area contributed by atoms with Crippen LogP contribution in [0.3, 0.4) is 0 Å². The summed E-state index contributed by atoms with van der Waals surface area (Å²) in [4.78, 5) is 12.1. The Kier molecular flexibility index (Phi) is 4.30. The Balaban J connectivity index is 2.14. The minimum atomic E-state index is -0.279. The van der Waals surface area contributed by atoms with Gasteiger partial charge in [-0.1, -0.05) is 48.5 Å². The van der Waals surface area contributed by atoms with Gasteiger partial charge in [-0.25, -0.2) is 0 Å². The third-order valence-electron chi connectivity index (χ3n) is 2.84. The van der Waals surface area contributed by atoms with E-state index in [2.05, 4.69) is 11.4 Å². The number of rotatable bonds is 4. The Morgan fingerprint density at radius 3 is 2.21 bits per heavy atom. The molecule has 0 aliphatic rings. The summed E-state index contributed by atoms with van der Waals surface area (Å²) in [6.07, 6.45) is 0.253. The third-order valence-corrected chi connectivity index (χ3v) is 2.84. The predicted octanol–water partition coefficient (Wildman–Crippen LogP) is 3.07. The molecular weight excluding hydrogens is 236 g/mol. The fourth-order valence-corrected chi connectivity index (χ4v) is 1.86. The number of hydrogen-bond acceptors (Lipinski definition) is 2. The Morgan fingerprint density at radius 2 is 1.63 bits per heavy atom. The maximum atomic E-state index is 12.1. The van der Waals surface area contributed by atoms with Crippen molar-refractivity contribution in [2.45, 2.75) is 12.5 Å². The van der Waals surface area contributed by atoms with Gasteiger partial charge in [0.2, 0.25) is 0 Å². The summed E-state index contributed by atoms with van der Waals surface area (Å²) in [5, 5.41) is 11.8. The van der Waals surface area contributed by atoms with Gasteiger partial charge < -0.3 is 5.32 Å². The highest BCUT2D eigenvalue weighted by atomic mass is 16.1. The zero-order chi connectivity index (χ0) is 13.5. The molecule has 0 saturated carbocycles. The summed E-state index contributed by atoms with van der Waals surface area (Å²) in [5.74, 6) is -0.162. The van der Waals surface area contributed by atoms with E-state index in [9.17, 15) is 4.79 Å². The third kappa shape index (κ3) is 3.43. The predicted molar refractivity (Wildman–Crippen MR) is 73.3 cm³/mol. The molecule has 3 nitrogen and oxygen atoms in total. The Hall–Kier alpha value is -2.60. The number of nitrogens with zero attached hydrogens (tertiary/aromatic N) is 1. The van der Waals surface area contributed by atoms with Crippen LogP contribution in [0.5, 0.6) is 0 Å². The first kappa shape index (κ1) is 12.8. The maximum absolute atomic E-state index is 12.1. The molecule has 1 atom stereocenters. The number of carbonyl (C=O) groups is 1. The smallest absolute Gasteiger partial charge is 0.251 e. The summed E-state index contributed by atoms with van der Waals surface area (Å²) in [6.45, 7) is 0. The van der Waals surface area contributed by atoms with E-state index in [1.807, 2.05) is 48.5 Å². The lowest BCUT2D eigenvalue weighted by Crippen LogP contribution is -2.28. The van der Waals surface area contributed by atoms with Crippen LogP contribution in [-0.2, 0) is 0 Å². The second-order valence-corrected chi connectivity index (χ2v) is 4.16. The van der Waals surface area contributed by atoms with Crippen LogP contribution in [0.1, 0.15) is 28.4 Å². The van der Waals surface area contributed by atoms with Crippen molar-refractivity contribution in [3.63, 3.8) is 0 Å². The van der Waals surface area contributed by atoms with Gasteiger partial charge in [0.05, 0.1) is 18.5 Å². The summed E-state index contributed by atoms with van der Waals surface area (Å²) in [7, 11) is 0. The summed E-state index contributed by atoms with van der Waals surface area (Å²) < 4.78 is 0. The van der Waals surface area contributed by atoms with E-state index < -0.39 is 0 Å². The second kappa shape index (κ2) is 6.36. The standard InChI is InChI=1S/C16H14N2O/c17-12-11-15(13-7-3-1-4-8-13)18-16(19)14-9-5-2-6-10-14/h1-10,15H,11H2,(H,18,19)/t15-/m0/s1. The van der Waals surface area contributed by atoms with Crippen molar-refractivity contribution in [1.82, 2.24) is 5.32 Å². The fourth-order valence-electron chi connectivity index (χ4n) is 1.86. The molecule has 3 heteroatoms. The van der Waals surface area contributed by atoms with Crippen LogP contribution in [0.2, 0.25) is 0 Å². The molecule has 0 radical (unpaired) electrons. The molecule has 0 aliphatic carbocycles. The number of carbonyl (C=O) groups excluding carboxylic acids is 1. The average molecular weight is 250 g/mol. The lowest BCUT2D eigenvalue weighted by molar-refractivity contribution is 0.0937. The van der Waals surface area contributed by atoms with Crippen LogP contribution >= 0.6 is 0 Å². The highest BCUT2D eigenvalue weighted by molar-refractivity contribution is 5.94. The Morgan fingerprint density at radius 1 is 1.05 bits per heavy atom. The van der Waals surface area contributed by atoms with Gasteiger partial charge in [0.25, 0.3) is 5.91 Å². The van der Waals surface area contributed by atoms with Gasteiger partial charge >= 0.3 is 0 Å². The van der Waals surface area contributed by atoms with Crippen molar-refractivity contribution in [1.29, 1.82) is 5.26 Å². The van der Waals surface area contributed by atoms with Crippen molar-refractivity contribution in [2.75, 3.05) is 0 Å². The van der Waals surface area contributed by atoms with Crippen LogP contribution < -0.4 is 5.32 Å². The van der Waals surface area contributed by atoms with Crippen LogP contribution in [0.15, 0.2) is 60.7 Å². The number of benzene rings is 2. The lowest BCUT2D eigenvalue weighted by Gasteiger charge is -2.16. The molecule has 0 bridgehead atoms. The average Bonchev–Trinajstić information content (AvgIpc) is 2.48. The molecule has 0 aromatic heterocycles. The zero-order valence-corrected chi connectivity index (χ0v) is 10.4. The van der Waals surface area contributed by atoms with E-state index >= 15 is 0 Å². The molecule has 0 saturated heterocycles. The Bertz CT molecular complexity index is 573. The first-order chi connectivity index (χ1) is 9.31. The van der Waals surface area contributed by atoms with Gasteiger partial charge in [-0.2, -0.15) is 5.26 Å². The van der Waals surface area contributed by atoms with Crippen LogP contribution in [0, 0.1) is 11.3 Å². The summed E-state index contributed by atoms with van der Waals surface area (Å²) in [5.41, 5.74) is 1.54. The van der Waals surface area contributed by atoms with E-state index in [-0.39, 0.29) is 18.4 Å². The molecule has 2 rings (SSSR count). The van der Waals surface area contributed by atoms with Gasteiger partial charge in [0.1, 0.15) is 0 Å². The largest absolute Gasteiger partial charge is 0.344 e. The number of amides is 1. The van der Waals surface area contributed by atoms with E-state index in [1.165, 1.54) is 0 Å². The summed E-state index contributed by atoms with van der Waals surface area (Å²) in [6, 6.07) is 20.4. The molecule has 1 amide bonds. The van der Waals surface area contributed by atoms with Crippen molar-refractivity contribution in [3.8, 4) is 6.07 Å². The van der Waals surface area contributed by atoms with Gasteiger partial charge in [-0.05, 0) is 17.7 Å². The molecule has 1 N–H and O–H groups in total. The van der Waals surface area contributed by atoms with E-state index in [0.29, 0.717) is 5.56 Å². The SMILES string of the molecule is N#CC[C@H](NC(=O)c1ccccc1)c1ccccc1. The normalized spacial score (nSPS) is 11.3. The highest BCUT2D eigenvalue weighted by Gasteiger charge is 2.14. The van der Waals surface area contributed by atoms with E-state index in [4.69, 9.17) is 5.26 Å². The molecular formula is C16H14N2O. The van der Waals surface area contributed by atoms with Gasteiger partial charge in [-0.3, -0.25) is 4.79 Å². The highest BCUT2D eigenvalue weighted by Crippen LogP contribution is 2.16. The molecule has 2 aromatic carbocycles. The van der Waals surface area contributed by atoms with Crippen molar-refractivity contribution < 1.29 is 4.79 Å². The van der Waals surface area contributed by atoms with Crippen LogP contribution in [0.25, 0.3) is 0 Å². The van der Waals surface area contributed by atoms with Crippen molar-refractivity contribution in [3.05, 3.63) is 71.8 Å². The van der Waals surface area contributed by atoms with Gasteiger partial charge in [0, 0.05) is 5.56 Å². The van der Waals surface area contributed by atoms with Crippen molar-refractivity contribution in [2.24, 2.45) is 0 Å². The maximum Gasteiger partial charge on any atom is 0.251 e. The van der Waals surface area contributed by atoms with Gasteiger partial charge in [0.15, 0.2) is 0 Å². The van der Waals surface area contributed by atoms with Crippen LogP contribution in [-0.4, -0.2) is 5.91 Å². The lowest BCUT2D eigenvalue weighted by atomic mass is 10.0. The fraction of sp³-hybridized carbons (Fsp3) is 0.125. The van der Waals surface area contributed by atoms with Crippen LogP contribution in [0.4, 0.5) is 0 Å². The molecule has 0 aliphatic heterocycles. The topological polar surface area (TPSA) is 52.9 Å². The Labute approximate surface area is 112 Å².